The predicted molar refractivity (Wildman–Crippen MR) is 98.9 cm³/mol. The van der Waals surface area contributed by atoms with Crippen molar-refractivity contribution < 1.29 is 13.2 Å². The number of halogens is 3. The standard InChI is InChI=1S/C19H17F3N6/c20-19(21,22)17-13-15(3-7-24-17)27-9-11-28(12-10-27)18-25-8-4-16(26-18)14-1-5-23-6-2-14/h1-8,13H,9-12H2. The maximum Gasteiger partial charge on any atom is 0.433 e. The van der Waals surface area contributed by atoms with Gasteiger partial charge in [0.1, 0.15) is 5.69 Å². The molecule has 1 saturated heterocycles. The van der Waals surface area contributed by atoms with Crippen molar-refractivity contribution in [3.05, 3.63) is 60.8 Å². The molecule has 0 saturated carbocycles. The molecule has 0 amide bonds. The number of nitrogens with zero attached hydrogens (tertiary/aromatic N) is 6. The van der Waals surface area contributed by atoms with Gasteiger partial charge < -0.3 is 9.80 Å². The third-order valence-corrected chi connectivity index (χ3v) is 4.58. The molecule has 1 aliphatic heterocycles. The Morgan fingerprint density at radius 1 is 0.786 bits per heavy atom. The minimum absolute atomic E-state index is 0.522. The van der Waals surface area contributed by atoms with Crippen LogP contribution < -0.4 is 9.80 Å². The number of piperazine rings is 1. The second-order valence-electron chi connectivity index (χ2n) is 6.35. The molecule has 6 nitrogen and oxygen atoms in total. The number of hydrogen-bond donors (Lipinski definition) is 0. The highest BCUT2D eigenvalue weighted by Crippen LogP contribution is 2.30. The number of aromatic nitrogens is 4. The molecule has 1 aliphatic rings. The lowest BCUT2D eigenvalue weighted by atomic mass is 10.2. The van der Waals surface area contributed by atoms with Crippen molar-refractivity contribution in [2.75, 3.05) is 36.0 Å². The molecule has 144 valence electrons. The Morgan fingerprint density at radius 3 is 2.18 bits per heavy atom. The molecule has 0 N–H and O–H groups in total. The van der Waals surface area contributed by atoms with Gasteiger partial charge >= 0.3 is 6.18 Å². The van der Waals surface area contributed by atoms with Crippen LogP contribution in [-0.2, 0) is 6.18 Å². The summed E-state index contributed by atoms with van der Waals surface area (Å²) in [5.41, 5.74) is 1.40. The molecule has 0 radical (unpaired) electrons. The Morgan fingerprint density at radius 2 is 1.46 bits per heavy atom. The van der Waals surface area contributed by atoms with Crippen molar-refractivity contribution >= 4 is 11.6 Å². The van der Waals surface area contributed by atoms with Crippen molar-refractivity contribution in [1.29, 1.82) is 0 Å². The number of alkyl halides is 3. The molecule has 4 rings (SSSR count). The normalized spacial score (nSPS) is 15.0. The summed E-state index contributed by atoms with van der Waals surface area (Å²) < 4.78 is 38.7. The van der Waals surface area contributed by atoms with E-state index in [9.17, 15) is 13.2 Å². The fourth-order valence-corrected chi connectivity index (χ4v) is 3.12. The van der Waals surface area contributed by atoms with E-state index < -0.39 is 11.9 Å². The molecular formula is C19H17F3N6. The van der Waals surface area contributed by atoms with Crippen molar-refractivity contribution in [1.82, 2.24) is 19.9 Å². The van der Waals surface area contributed by atoms with E-state index in [0.717, 1.165) is 17.3 Å². The zero-order chi connectivity index (χ0) is 19.6. The molecule has 0 bridgehead atoms. The van der Waals surface area contributed by atoms with Gasteiger partial charge in [-0.1, -0.05) is 0 Å². The fourth-order valence-electron chi connectivity index (χ4n) is 3.12. The summed E-state index contributed by atoms with van der Waals surface area (Å²) in [5, 5.41) is 0. The average molecular weight is 386 g/mol. The van der Waals surface area contributed by atoms with Crippen LogP contribution in [0.4, 0.5) is 24.8 Å². The Kier molecular flexibility index (Phi) is 4.81. The lowest BCUT2D eigenvalue weighted by Crippen LogP contribution is -2.47. The molecule has 3 aromatic heterocycles. The predicted octanol–water partition coefficient (Wildman–Crippen LogP) is 3.28. The van der Waals surface area contributed by atoms with Crippen LogP contribution in [0.3, 0.4) is 0 Å². The smallest absolute Gasteiger partial charge is 0.368 e. The summed E-state index contributed by atoms with van der Waals surface area (Å²) in [7, 11) is 0. The molecule has 28 heavy (non-hydrogen) atoms. The summed E-state index contributed by atoms with van der Waals surface area (Å²) in [6.45, 7) is 2.38. The Hall–Kier alpha value is -3.23. The van der Waals surface area contributed by atoms with Crippen LogP contribution in [0.2, 0.25) is 0 Å². The number of hydrogen-bond acceptors (Lipinski definition) is 6. The Balaban J connectivity index is 1.46. The average Bonchev–Trinajstić information content (AvgIpc) is 2.74. The van der Waals surface area contributed by atoms with E-state index in [1.807, 2.05) is 28.0 Å². The summed E-state index contributed by atoms with van der Waals surface area (Å²) in [6.07, 6.45) is 1.88. The van der Waals surface area contributed by atoms with Crippen LogP contribution in [0.5, 0.6) is 0 Å². The van der Waals surface area contributed by atoms with Crippen molar-refractivity contribution in [2.45, 2.75) is 6.18 Å². The van der Waals surface area contributed by atoms with Gasteiger partial charge in [0, 0.05) is 62.2 Å². The second-order valence-corrected chi connectivity index (χ2v) is 6.35. The van der Waals surface area contributed by atoms with E-state index in [1.54, 1.807) is 24.7 Å². The second kappa shape index (κ2) is 7.41. The van der Waals surface area contributed by atoms with Gasteiger partial charge in [0.25, 0.3) is 0 Å². The highest BCUT2D eigenvalue weighted by molar-refractivity contribution is 5.59. The lowest BCUT2D eigenvalue weighted by Gasteiger charge is -2.36. The third-order valence-electron chi connectivity index (χ3n) is 4.58. The number of pyridine rings is 2. The van der Waals surface area contributed by atoms with Gasteiger partial charge in [-0.25, -0.2) is 9.97 Å². The summed E-state index contributed by atoms with van der Waals surface area (Å²) >= 11 is 0. The van der Waals surface area contributed by atoms with E-state index in [2.05, 4.69) is 19.9 Å². The van der Waals surface area contributed by atoms with Gasteiger partial charge in [-0.15, -0.1) is 0 Å². The lowest BCUT2D eigenvalue weighted by molar-refractivity contribution is -0.141. The summed E-state index contributed by atoms with van der Waals surface area (Å²) in [6, 6.07) is 8.30. The largest absolute Gasteiger partial charge is 0.433 e. The zero-order valence-corrected chi connectivity index (χ0v) is 14.8. The fraction of sp³-hybridized carbons (Fsp3) is 0.263. The first-order valence-electron chi connectivity index (χ1n) is 8.77. The molecule has 9 heteroatoms. The number of rotatable bonds is 3. The monoisotopic (exact) mass is 386 g/mol. The van der Waals surface area contributed by atoms with Crippen molar-refractivity contribution in [3.8, 4) is 11.3 Å². The first kappa shape index (κ1) is 18.1. The van der Waals surface area contributed by atoms with Crippen LogP contribution >= 0.6 is 0 Å². The molecule has 0 aliphatic carbocycles. The third kappa shape index (κ3) is 3.88. The van der Waals surface area contributed by atoms with E-state index in [-0.39, 0.29) is 0 Å². The van der Waals surface area contributed by atoms with Crippen LogP contribution in [0.15, 0.2) is 55.1 Å². The van der Waals surface area contributed by atoms with E-state index in [1.165, 1.54) is 6.20 Å². The molecule has 0 atom stereocenters. The van der Waals surface area contributed by atoms with E-state index >= 15 is 0 Å². The van der Waals surface area contributed by atoms with Crippen LogP contribution in [0.1, 0.15) is 5.69 Å². The molecule has 0 aromatic carbocycles. The highest BCUT2D eigenvalue weighted by Gasteiger charge is 2.33. The van der Waals surface area contributed by atoms with Gasteiger partial charge in [0.05, 0.1) is 5.69 Å². The molecule has 0 unspecified atom stereocenters. The van der Waals surface area contributed by atoms with E-state index in [4.69, 9.17) is 0 Å². The first-order valence-corrected chi connectivity index (χ1v) is 8.77. The summed E-state index contributed by atoms with van der Waals surface area (Å²) in [4.78, 5) is 20.4. The van der Waals surface area contributed by atoms with Gasteiger partial charge in [0.2, 0.25) is 5.95 Å². The maximum absolute atomic E-state index is 12.9. The van der Waals surface area contributed by atoms with Crippen molar-refractivity contribution in [3.63, 3.8) is 0 Å². The van der Waals surface area contributed by atoms with Gasteiger partial charge in [-0.3, -0.25) is 9.97 Å². The van der Waals surface area contributed by atoms with Gasteiger partial charge in [-0.05, 0) is 30.3 Å². The summed E-state index contributed by atoms with van der Waals surface area (Å²) in [5.74, 6) is 0.611. The SMILES string of the molecule is FC(F)(F)c1cc(N2CCN(c3nccc(-c4ccncc4)n3)CC2)ccn1. The highest BCUT2D eigenvalue weighted by atomic mass is 19.4. The molecule has 1 fully saturated rings. The minimum Gasteiger partial charge on any atom is -0.368 e. The topological polar surface area (TPSA) is 58.0 Å². The van der Waals surface area contributed by atoms with Crippen LogP contribution in [0.25, 0.3) is 11.3 Å². The van der Waals surface area contributed by atoms with Gasteiger partial charge in [0.15, 0.2) is 0 Å². The van der Waals surface area contributed by atoms with Crippen LogP contribution in [-0.4, -0.2) is 46.1 Å². The maximum atomic E-state index is 12.9. The molecule has 0 spiro atoms. The quantitative estimate of drug-likeness (QED) is 0.689. The number of anilines is 2. The van der Waals surface area contributed by atoms with Crippen molar-refractivity contribution in [2.24, 2.45) is 0 Å². The molecule has 4 heterocycles. The minimum atomic E-state index is -4.45. The first-order chi connectivity index (χ1) is 13.5. The zero-order valence-electron chi connectivity index (χ0n) is 14.8. The van der Waals surface area contributed by atoms with Gasteiger partial charge in [-0.2, -0.15) is 13.2 Å². The Bertz CT molecular complexity index is 940. The molecule has 3 aromatic rings. The Labute approximate surface area is 159 Å². The van der Waals surface area contributed by atoms with Crippen LogP contribution in [0, 0.1) is 0 Å². The molecular weight excluding hydrogens is 369 g/mol. The van der Waals surface area contributed by atoms with E-state index in [0.29, 0.717) is 37.8 Å².